The number of carbonyl (C=O) groups is 1. The first-order chi connectivity index (χ1) is 22.6. The predicted molar refractivity (Wildman–Crippen MR) is 180 cm³/mol. The quantitative estimate of drug-likeness (QED) is 0.146. The topological polar surface area (TPSA) is 161 Å². The molecule has 4 aromatic rings. The lowest BCUT2D eigenvalue weighted by Crippen LogP contribution is -2.45. The second kappa shape index (κ2) is 15.2. The molecule has 1 aliphatic rings. The number of ether oxygens (including phenoxy) is 1. The summed E-state index contributed by atoms with van der Waals surface area (Å²) in [5, 5.41) is 37.3. The minimum Gasteiger partial charge on any atom is -0.394 e. The van der Waals surface area contributed by atoms with Crippen molar-refractivity contribution in [2.24, 2.45) is 0 Å². The van der Waals surface area contributed by atoms with Crippen molar-refractivity contribution in [2.45, 2.75) is 70.2 Å². The Bertz CT molecular complexity index is 1550. The summed E-state index contributed by atoms with van der Waals surface area (Å²) in [5.41, 5.74) is 2.91. The molecule has 3 heterocycles. The highest BCUT2D eigenvalue weighted by atomic mass is 16.6. The molecule has 5 rings (SSSR count). The Balaban J connectivity index is 1.47. The smallest absolute Gasteiger partial charge is 0.324 e. The predicted octanol–water partition coefficient (Wildman–Crippen LogP) is 2.95. The summed E-state index contributed by atoms with van der Waals surface area (Å²) in [6.07, 6.45) is -3.24. The van der Waals surface area contributed by atoms with Gasteiger partial charge in [-0.3, -0.25) is 14.4 Å². The minimum atomic E-state index is -1.34. The van der Waals surface area contributed by atoms with Gasteiger partial charge in [0, 0.05) is 44.7 Å². The molecule has 2 aromatic heterocycles. The Hall–Kier alpha value is -4.14. The van der Waals surface area contributed by atoms with E-state index in [1.807, 2.05) is 36.4 Å². The highest BCUT2D eigenvalue weighted by Gasteiger charge is 2.44. The zero-order chi connectivity index (χ0) is 33.7. The standard InChI is InChI=1S/C34H46N8O5/c1-21(2)41(22(3)4)17-16-35-34(46)40(5)33-38-30(36-18-25(23-12-8-6-9-13-23)24-14-10-7-11-15-24)27-31(39-33)42(20-37-27)32-29(45)28(44)26(19-43)47-32/h6-15,20-22,25-26,28-29,32,43-45H,16-19H2,1-5H3,(H,35,46)(H,36,38,39)/t26-,28-,29-,32-/m1/s1. The van der Waals surface area contributed by atoms with Crippen LogP contribution in [0.3, 0.4) is 0 Å². The number of fused-ring (bicyclic) bond motifs is 1. The number of anilines is 2. The molecule has 1 aliphatic heterocycles. The fourth-order valence-corrected chi connectivity index (χ4v) is 6.09. The van der Waals surface area contributed by atoms with Crippen LogP contribution in [0.4, 0.5) is 16.6 Å². The summed E-state index contributed by atoms with van der Waals surface area (Å²) in [6, 6.07) is 20.6. The highest BCUT2D eigenvalue weighted by Crippen LogP contribution is 2.34. The zero-order valence-corrected chi connectivity index (χ0v) is 27.6. The molecule has 0 aliphatic carbocycles. The van der Waals surface area contributed by atoms with E-state index in [-0.39, 0.29) is 23.5 Å². The van der Waals surface area contributed by atoms with Gasteiger partial charge >= 0.3 is 6.03 Å². The van der Waals surface area contributed by atoms with Gasteiger partial charge in [-0.25, -0.2) is 9.78 Å². The van der Waals surface area contributed by atoms with E-state index in [0.29, 0.717) is 43.1 Å². The van der Waals surface area contributed by atoms with Crippen LogP contribution in [0.15, 0.2) is 67.0 Å². The molecule has 2 amide bonds. The van der Waals surface area contributed by atoms with Crippen molar-refractivity contribution in [2.75, 3.05) is 43.5 Å². The van der Waals surface area contributed by atoms with Crippen molar-refractivity contribution >= 4 is 29.0 Å². The second-order valence-electron chi connectivity index (χ2n) is 12.4. The number of aromatic nitrogens is 4. The number of urea groups is 1. The monoisotopic (exact) mass is 646 g/mol. The number of imidazole rings is 1. The summed E-state index contributed by atoms with van der Waals surface area (Å²) in [4.78, 5) is 31.0. The summed E-state index contributed by atoms with van der Waals surface area (Å²) < 4.78 is 7.29. The van der Waals surface area contributed by atoms with Crippen molar-refractivity contribution in [3.05, 3.63) is 78.1 Å². The van der Waals surface area contributed by atoms with Gasteiger partial charge in [0.1, 0.15) is 18.3 Å². The minimum absolute atomic E-state index is 0.0284. The number of amides is 2. The Kier molecular flexibility index (Phi) is 11.0. The van der Waals surface area contributed by atoms with E-state index in [0.717, 1.165) is 11.1 Å². The number of nitrogens with one attached hydrogen (secondary N) is 2. The average molecular weight is 647 g/mol. The van der Waals surface area contributed by atoms with Crippen LogP contribution in [0, 0.1) is 0 Å². The van der Waals surface area contributed by atoms with Crippen LogP contribution in [0.5, 0.6) is 0 Å². The Morgan fingerprint density at radius 1 is 0.957 bits per heavy atom. The van der Waals surface area contributed by atoms with Crippen LogP contribution < -0.4 is 15.5 Å². The van der Waals surface area contributed by atoms with Gasteiger partial charge in [-0.05, 0) is 38.8 Å². The fraction of sp³-hybridized carbons (Fsp3) is 0.471. The summed E-state index contributed by atoms with van der Waals surface area (Å²) in [7, 11) is 1.59. The fourth-order valence-electron chi connectivity index (χ4n) is 6.09. The molecule has 0 spiro atoms. The first-order valence-electron chi connectivity index (χ1n) is 16.1. The van der Waals surface area contributed by atoms with Gasteiger partial charge in [0.2, 0.25) is 5.95 Å². The van der Waals surface area contributed by atoms with E-state index in [4.69, 9.17) is 9.72 Å². The Labute approximate surface area is 275 Å². The van der Waals surface area contributed by atoms with Gasteiger partial charge in [0.05, 0.1) is 12.9 Å². The van der Waals surface area contributed by atoms with Gasteiger partial charge in [-0.15, -0.1) is 0 Å². The number of aliphatic hydroxyl groups is 3. The first kappa shape index (κ1) is 34.2. The maximum absolute atomic E-state index is 13.4. The molecule has 0 bridgehead atoms. The molecule has 5 N–H and O–H groups in total. The van der Waals surface area contributed by atoms with E-state index in [1.54, 1.807) is 7.05 Å². The van der Waals surface area contributed by atoms with E-state index in [2.05, 4.69) is 77.5 Å². The van der Waals surface area contributed by atoms with Gasteiger partial charge in [0.25, 0.3) is 0 Å². The highest BCUT2D eigenvalue weighted by molar-refractivity contribution is 5.92. The largest absolute Gasteiger partial charge is 0.394 e. The second-order valence-corrected chi connectivity index (χ2v) is 12.4. The van der Waals surface area contributed by atoms with Crippen LogP contribution >= 0.6 is 0 Å². The number of hydrogen-bond donors (Lipinski definition) is 5. The van der Waals surface area contributed by atoms with Crippen LogP contribution in [-0.4, -0.2) is 109 Å². The lowest BCUT2D eigenvalue weighted by molar-refractivity contribution is -0.0511. The molecule has 1 saturated heterocycles. The molecular weight excluding hydrogens is 600 g/mol. The molecule has 0 saturated carbocycles. The molecule has 13 heteroatoms. The van der Waals surface area contributed by atoms with Crippen LogP contribution in [-0.2, 0) is 4.74 Å². The first-order valence-corrected chi connectivity index (χ1v) is 16.1. The van der Waals surface area contributed by atoms with E-state index >= 15 is 0 Å². The van der Waals surface area contributed by atoms with Crippen molar-refractivity contribution in [1.29, 1.82) is 0 Å². The van der Waals surface area contributed by atoms with Crippen molar-refractivity contribution in [3.8, 4) is 0 Å². The van der Waals surface area contributed by atoms with Gasteiger partial charge in [0.15, 0.2) is 23.2 Å². The molecule has 0 radical (unpaired) electrons. The third-order valence-corrected chi connectivity index (χ3v) is 8.66. The Morgan fingerprint density at radius 3 is 2.13 bits per heavy atom. The maximum Gasteiger partial charge on any atom is 0.324 e. The zero-order valence-electron chi connectivity index (χ0n) is 27.6. The third-order valence-electron chi connectivity index (χ3n) is 8.66. The Morgan fingerprint density at radius 2 is 1.57 bits per heavy atom. The van der Waals surface area contributed by atoms with Crippen LogP contribution in [0.1, 0.15) is 51.0 Å². The summed E-state index contributed by atoms with van der Waals surface area (Å²) in [6.45, 7) is 9.61. The normalized spacial score (nSPS) is 19.7. The number of aliphatic hydroxyl groups excluding tert-OH is 3. The van der Waals surface area contributed by atoms with Gasteiger partial charge < -0.3 is 30.7 Å². The van der Waals surface area contributed by atoms with E-state index in [1.165, 1.54) is 15.8 Å². The number of rotatable bonds is 13. The maximum atomic E-state index is 13.4. The van der Waals surface area contributed by atoms with Crippen molar-refractivity contribution in [3.63, 3.8) is 0 Å². The lowest BCUT2D eigenvalue weighted by Gasteiger charge is -2.30. The number of carbonyl (C=O) groups excluding carboxylic acids is 1. The molecule has 252 valence electrons. The number of nitrogens with zero attached hydrogens (tertiary/aromatic N) is 6. The van der Waals surface area contributed by atoms with E-state index < -0.39 is 31.1 Å². The third kappa shape index (κ3) is 7.55. The van der Waals surface area contributed by atoms with Gasteiger partial charge in [-0.2, -0.15) is 9.97 Å². The molecule has 0 unspecified atom stereocenters. The molecule has 1 fully saturated rings. The van der Waals surface area contributed by atoms with Crippen LogP contribution in [0.25, 0.3) is 11.2 Å². The molecular formula is C34H46N8O5. The van der Waals surface area contributed by atoms with Crippen LogP contribution in [0.2, 0.25) is 0 Å². The van der Waals surface area contributed by atoms with Crippen molar-refractivity contribution < 1.29 is 24.9 Å². The average Bonchev–Trinajstić information content (AvgIpc) is 3.62. The summed E-state index contributed by atoms with van der Waals surface area (Å²) in [5.74, 6) is 0.462. The molecule has 13 nitrogen and oxygen atoms in total. The molecule has 2 aromatic carbocycles. The number of hydrogen-bond acceptors (Lipinski definition) is 10. The van der Waals surface area contributed by atoms with Gasteiger partial charge in [-0.1, -0.05) is 60.7 Å². The SMILES string of the molecule is CC(C)N(CCNC(=O)N(C)c1nc(NCC(c2ccccc2)c2ccccc2)c2ncn([C@@H]3O[C@H](CO)[C@@H](O)[C@H]3O)c2n1)C(C)C. The lowest BCUT2D eigenvalue weighted by atomic mass is 9.91. The van der Waals surface area contributed by atoms with Crippen molar-refractivity contribution in [1.82, 2.24) is 29.7 Å². The molecule has 47 heavy (non-hydrogen) atoms. The molecule has 4 atom stereocenters. The number of benzene rings is 2. The van der Waals surface area contributed by atoms with E-state index in [9.17, 15) is 20.1 Å². The summed E-state index contributed by atoms with van der Waals surface area (Å²) >= 11 is 0.